The Bertz CT molecular complexity index is 81.2. The van der Waals surface area contributed by atoms with E-state index in [0.29, 0.717) is 11.8 Å². The predicted octanol–water partition coefficient (Wildman–Crippen LogP) is 3.22. The van der Waals surface area contributed by atoms with Crippen molar-refractivity contribution < 1.29 is 5.11 Å². The highest BCUT2D eigenvalue weighted by atomic mass is 16.3. The second kappa shape index (κ2) is 6.47. The Morgan fingerprint density at radius 3 is 1.17 bits per heavy atom. The van der Waals surface area contributed by atoms with Crippen LogP contribution in [0.5, 0.6) is 0 Å². The van der Waals surface area contributed by atoms with Crippen LogP contribution >= 0.6 is 0 Å². The van der Waals surface area contributed by atoms with E-state index in [1.165, 1.54) is 0 Å². The summed E-state index contributed by atoms with van der Waals surface area (Å²) in [7, 11) is 0. The fourth-order valence-corrected chi connectivity index (χ4v) is 1.93. The van der Waals surface area contributed by atoms with Crippen molar-refractivity contribution in [3.8, 4) is 0 Å². The molecule has 0 radical (unpaired) electrons. The topological polar surface area (TPSA) is 20.2 Å². The fourth-order valence-electron chi connectivity index (χ4n) is 1.93. The molecule has 12 heavy (non-hydrogen) atoms. The summed E-state index contributed by atoms with van der Waals surface area (Å²) >= 11 is 0. The minimum Gasteiger partial charge on any atom is -0.393 e. The summed E-state index contributed by atoms with van der Waals surface area (Å²) < 4.78 is 0. The summed E-state index contributed by atoms with van der Waals surface area (Å²) in [4.78, 5) is 0. The number of aliphatic hydroxyl groups excluding tert-OH is 1. The summed E-state index contributed by atoms with van der Waals surface area (Å²) in [6.07, 6.45) is 4.35. The van der Waals surface area contributed by atoms with Crippen LogP contribution in [0.2, 0.25) is 0 Å². The highest BCUT2D eigenvalue weighted by Gasteiger charge is 2.22. The van der Waals surface area contributed by atoms with Crippen molar-refractivity contribution >= 4 is 0 Å². The number of aliphatic hydroxyl groups is 1. The Morgan fingerprint density at radius 2 is 1.00 bits per heavy atom. The molecule has 0 aliphatic carbocycles. The van der Waals surface area contributed by atoms with Crippen molar-refractivity contribution in [2.75, 3.05) is 0 Å². The van der Waals surface area contributed by atoms with E-state index in [1.807, 2.05) is 0 Å². The lowest BCUT2D eigenvalue weighted by Crippen LogP contribution is -2.27. The standard InChI is InChI=1S/C11H24O/c1-5-9(6-2)11(12)10(7-3)8-4/h9-12H,5-8H2,1-4H3. The molecule has 0 spiro atoms. The number of hydrogen-bond acceptors (Lipinski definition) is 1. The molecule has 1 heteroatoms. The van der Waals surface area contributed by atoms with Gasteiger partial charge in [0.2, 0.25) is 0 Å². The number of hydrogen-bond donors (Lipinski definition) is 1. The SMILES string of the molecule is CCC(CC)C(O)C(CC)CC. The molecule has 0 aliphatic rings. The van der Waals surface area contributed by atoms with E-state index in [-0.39, 0.29) is 6.10 Å². The van der Waals surface area contributed by atoms with Crippen LogP contribution in [0.1, 0.15) is 53.4 Å². The van der Waals surface area contributed by atoms with Gasteiger partial charge in [0, 0.05) is 0 Å². The van der Waals surface area contributed by atoms with Gasteiger partial charge >= 0.3 is 0 Å². The van der Waals surface area contributed by atoms with Crippen molar-refractivity contribution in [1.29, 1.82) is 0 Å². The van der Waals surface area contributed by atoms with Crippen LogP contribution < -0.4 is 0 Å². The second-order valence-electron chi connectivity index (χ2n) is 3.64. The predicted molar refractivity (Wildman–Crippen MR) is 54.2 cm³/mol. The molecule has 0 aliphatic heterocycles. The molecule has 0 rings (SSSR count). The van der Waals surface area contributed by atoms with Crippen molar-refractivity contribution in [2.24, 2.45) is 11.8 Å². The molecule has 0 aromatic rings. The monoisotopic (exact) mass is 172 g/mol. The zero-order valence-corrected chi connectivity index (χ0v) is 9.01. The first-order valence-electron chi connectivity index (χ1n) is 5.39. The first kappa shape index (κ1) is 12.0. The van der Waals surface area contributed by atoms with Gasteiger partial charge in [0.15, 0.2) is 0 Å². The quantitative estimate of drug-likeness (QED) is 0.652. The summed E-state index contributed by atoms with van der Waals surface area (Å²) in [6, 6.07) is 0. The Labute approximate surface area is 77.2 Å². The third kappa shape index (κ3) is 3.14. The van der Waals surface area contributed by atoms with E-state index in [1.54, 1.807) is 0 Å². The molecule has 0 heterocycles. The van der Waals surface area contributed by atoms with Crippen molar-refractivity contribution in [2.45, 2.75) is 59.5 Å². The molecule has 0 fully saturated rings. The van der Waals surface area contributed by atoms with Crippen LogP contribution in [-0.2, 0) is 0 Å². The average Bonchev–Trinajstić information content (AvgIpc) is 2.09. The van der Waals surface area contributed by atoms with Crippen LogP contribution in [-0.4, -0.2) is 11.2 Å². The maximum atomic E-state index is 9.97. The molecule has 0 amide bonds. The van der Waals surface area contributed by atoms with Crippen LogP contribution in [0, 0.1) is 11.8 Å². The summed E-state index contributed by atoms with van der Waals surface area (Å²) in [6.45, 7) is 8.67. The van der Waals surface area contributed by atoms with Gasteiger partial charge in [-0.3, -0.25) is 0 Å². The summed E-state index contributed by atoms with van der Waals surface area (Å²) in [5.74, 6) is 1.02. The maximum Gasteiger partial charge on any atom is 0.0596 e. The molecule has 0 saturated heterocycles. The highest BCUT2D eigenvalue weighted by Crippen LogP contribution is 2.24. The van der Waals surface area contributed by atoms with Crippen LogP contribution in [0.4, 0.5) is 0 Å². The average molecular weight is 172 g/mol. The Hall–Kier alpha value is -0.0400. The molecule has 1 nitrogen and oxygen atoms in total. The Morgan fingerprint density at radius 1 is 0.750 bits per heavy atom. The van der Waals surface area contributed by atoms with E-state index in [4.69, 9.17) is 0 Å². The van der Waals surface area contributed by atoms with Crippen LogP contribution in [0.25, 0.3) is 0 Å². The van der Waals surface area contributed by atoms with E-state index in [0.717, 1.165) is 25.7 Å². The van der Waals surface area contributed by atoms with Gasteiger partial charge in [0.25, 0.3) is 0 Å². The first-order valence-corrected chi connectivity index (χ1v) is 5.39. The minimum absolute atomic E-state index is 0.0741. The van der Waals surface area contributed by atoms with E-state index in [2.05, 4.69) is 27.7 Å². The Kier molecular flexibility index (Phi) is 6.45. The van der Waals surface area contributed by atoms with Gasteiger partial charge in [-0.25, -0.2) is 0 Å². The van der Waals surface area contributed by atoms with Gasteiger partial charge in [-0.05, 0) is 11.8 Å². The lowest BCUT2D eigenvalue weighted by atomic mass is 9.84. The lowest BCUT2D eigenvalue weighted by molar-refractivity contribution is 0.0428. The van der Waals surface area contributed by atoms with Crippen LogP contribution in [0.15, 0.2) is 0 Å². The van der Waals surface area contributed by atoms with Crippen molar-refractivity contribution in [3.63, 3.8) is 0 Å². The van der Waals surface area contributed by atoms with Crippen LogP contribution in [0.3, 0.4) is 0 Å². The smallest absolute Gasteiger partial charge is 0.0596 e. The van der Waals surface area contributed by atoms with E-state index >= 15 is 0 Å². The zero-order valence-electron chi connectivity index (χ0n) is 9.01. The van der Waals surface area contributed by atoms with E-state index < -0.39 is 0 Å². The molecule has 0 unspecified atom stereocenters. The van der Waals surface area contributed by atoms with Gasteiger partial charge in [-0.1, -0.05) is 53.4 Å². The van der Waals surface area contributed by atoms with Gasteiger partial charge < -0.3 is 5.11 Å². The Balaban J connectivity index is 4.02. The fraction of sp³-hybridized carbons (Fsp3) is 1.00. The molecule has 0 atom stereocenters. The van der Waals surface area contributed by atoms with Crippen molar-refractivity contribution in [1.82, 2.24) is 0 Å². The lowest BCUT2D eigenvalue weighted by Gasteiger charge is -2.27. The second-order valence-corrected chi connectivity index (χ2v) is 3.64. The molecule has 0 saturated carbocycles. The van der Waals surface area contributed by atoms with Crippen molar-refractivity contribution in [3.05, 3.63) is 0 Å². The molecule has 74 valence electrons. The minimum atomic E-state index is -0.0741. The third-order valence-corrected chi connectivity index (χ3v) is 3.06. The number of rotatable bonds is 6. The summed E-state index contributed by atoms with van der Waals surface area (Å²) in [5, 5.41) is 9.97. The summed E-state index contributed by atoms with van der Waals surface area (Å²) in [5.41, 5.74) is 0. The first-order chi connectivity index (χ1) is 5.71. The van der Waals surface area contributed by atoms with Gasteiger partial charge in [-0.15, -0.1) is 0 Å². The highest BCUT2D eigenvalue weighted by molar-refractivity contribution is 4.73. The molecule has 0 aromatic heterocycles. The molecular formula is C11H24O. The molecule has 0 aromatic carbocycles. The van der Waals surface area contributed by atoms with E-state index in [9.17, 15) is 5.11 Å². The molecular weight excluding hydrogens is 148 g/mol. The largest absolute Gasteiger partial charge is 0.393 e. The molecule has 0 bridgehead atoms. The van der Waals surface area contributed by atoms with Gasteiger partial charge in [0.1, 0.15) is 0 Å². The zero-order chi connectivity index (χ0) is 9.56. The van der Waals surface area contributed by atoms with Gasteiger partial charge in [0.05, 0.1) is 6.10 Å². The normalized spacial score (nSPS) is 12.0. The third-order valence-electron chi connectivity index (χ3n) is 3.06. The maximum absolute atomic E-state index is 9.97. The molecule has 1 N–H and O–H groups in total. The van der Waals surface area contributed by atoms with Gasteiger partial charge in [-0.2, -0.15) is 0 Å².